The number of nitrogens with zero attached hydrogens (tertiary/aromatic N) is 3. The largest absolute Gasteiger partial charge is 0.383 e. The molecule has 1 aliphatic heterocycles. The van der Waals surface area contributed by atoms with Crippen LogP contribution in [0.4, 0.5) is 11.6 Å². The molecule has 0 spiro atoms. The summed E-state index contributed by atoms with van der Waals surface area (Å²) in [4.78, 5) is 11.9. The highest BCUT2D eigenvalue weighted by molar-refractivity contribution is 5.61. The minimum atomic E-state index is 0.654. The maximum Gasteiger partial charge on any atom is 0.163 e. The maximum atomic E-state index is 5.12. The van der Waals surface area contributed by atoms with Crippen molar-refractivity contribution in [2.24, 2.45) is 5.92 Å². The van der Waals surface area contributed by atoms with Crippen molar-refractivity contribution in [3.05, 3.63) is 36.4 Å². The van der Waals surface area contributed by atoms with Crippen LogP contribution in [-0.2, 0) is 4.74 Å². The molecule has 0 bridgehead atoms. The fourth-order valence-corrected chi connectivity index (χ4v) is 3.08. The van der Waals surface area contributed by atoms with E-state index in [1.807, 2.05) is 18.2 Å². The Hall–Kier alpha value is -2.14. The lowest BCUT2D eigenvalue weighted by atomic mass is 10.0. The molecule has 1 aromatic heterocycles. The second-order valence-corrected chi connectivity index (χ2v) is 6.41. The molecule has 1 aliphatic rings. The molecule has 2 aromatic rings. The van der Waals surface area contributed by atoms with Crippen LogP contribution in [0.3, 0.4) is 0 Å². The maximum absolute atomic E-state index is 5.12. The molecule has 1 unspecified atom stereocenters. The van der Waals surface area contributed by atoms with E-state index in [4.69, 9.17) is 9.72 Å². The lowest BCUT2D eigenvalue weighted by molar-refractivity contribution is 0.210. The van der Waals surface area contributed by atoms with E-state index in [0.29, 0.717) is 12.5 Å². The lowest BCUT2D eigenvalue weighted by Gasteiger charge is -2.32. The Morgan fingerprint density at radius 3 is 2.83 bits per heavy atom. The van der Waals surface area contributed by atoms with Crippen molar-refractivity contribution < 1.29 is 4.74 Å². The minimum Gasteiger partial charge on any atom is -0.383 e. The summed E-state index contributed by atoms with van der Waals surface area (Å²) in [7, 11) is 1.71. The van der Waals surface area contributed by atoms with Gasteiger partial charge in [0.2, 0.25) is 0 Å². The first-order chi connectivity index (χ1) is 11.8. The predicted molar refractivity (Wildman–Crippen MR) is 98.4 cm³/mol. The Labute approximate surface area is 144 Å². The van der Waals surface area contributed by atoms with Gasteiger partial charge in [0.25, 0.3) is 0 Å². The van der Waals surface area contributed by atoms with Gasteiger partial charge in [-0.25, -0.2) is 9.97 Å². The minimum absolute atomic E-state index is 0.654. The van der Waals surface area contributed by atoms with E-state index in [1.165, 1.54) is 12.8 Å². The highest BCUT2D eigenvalue weighted by Gasteiger charge is 2.19. The molecule has 1 fully saturated rings. The zero-order valence-corrected chi connectivity index (χ0v) is 14.5. The van der Waals surface area contributed by atoms with Crippen molar-refractivity contribution in [2.75, 3.05) is 43.6 Å². The van der Waals surface area contributed by atoms with Gasteiger partial charge in [0.15, 0.2) is 5.82 Å². The number of nitrogens with one attached hydrogen (secondary N) is 1. The number of rotatable bonds is 6. The number of piperidine rings is 1. The molecule has 1 saturated heterocycles. The summed E-state index contributed by atoms with van der Waals surface area (Å²) in [6.45, 7) is 5.82. The van der Waals surface area contributed by atoms with Crippen molar-refractivity contribution in [3.8, 4) is 11.4 Å². The van der Waals surface area contributed by atoms with Gasteiger partial charge in [0.1, 0.15) is 11.6 Å². The molecule has 1 N–H and O–H groups in total. The van der Waals surface area contributed by atoms with Gasteiger partial charge in [-0.3, -0.25) is 0 Å². The molecule has 128 valence electrons. The summed E-state index contributed by atoms with van der Waals surface area (Å²) in [5.41, 5.74) is 1.04. The summed E-state index contributed by atoms with van der Waals surface area (Å²) in [5, 5.41) is 3.34. The molecule has 0 saturated carbocycles. The second kappa shape index (κ2) is 8.11. The van der Waals surface area contributed by atoms with Gasteiger partial charge in [-0.1, -0.05) is 37.3 Å². The summed E-state index contributed by atoms with van der Waals surface area (Å²) in [6.07, 6.45) is 2.52. The van der Waals surface area contributed by atoms with E-state index >= 15 is 0 Å². The molecule has 3 rings (SSSR count). The van der Waals surface area contributed by atoms with Gasteiger partial charge < -0.3 is 15.0 Å². The van der Waals surface area contributed by atoms with Crippen molar-refractivity contribution in [1.29, 1.82) is 0 Å². The van der Waals surface area contributed by atoms with Gasteiger partial charge in [0, 0.05) is 38.4 Å². The van der Waals surface area contributed by atoms with Crippen LogP contribution < -0.4 is 10.2 Å². The number of ether oxygens (including phenoxy) is 1. The first-order valence-corrected chi connectivity index (χ1v) is 8.68. The second-order valence-electron chi connectivity index (χ2n) is 6.41. The molecule has 5 heteroatoms. The van der Waals surface area contributed by atoms with Gasteiger partial charge in [0.05, 0.1) is 6.61 Å². The summed E-state index contributed by atoms with van der Waals surface area (Å²) in [6, 6.07) is 12.2. The van der Waals surface area contributed by atoms with Crippen molar-refractivity contribution in [1.82, 2.24) is 9.97 Å². The van der Waals surface area contributed by atoms with E-state index in [-0.39, 0.29) is 0 Å². The molecule has 5 nitrogen and oxygen atoms in total. The Balaban J connectivity index is 1.90. The van der Waals surface area contributed by atoms with Crippen molar-refractivity contribution in [2.45, 2.75) is 19.8 Å². The molecular formula is C19H26N4O. The van der Waals surface area contributed by atoms with Crippen LogP contribution in [0, 0.1) is 5.92 Å². The predicted octanol–water partition coefficient (Wildman–Crippen LogP) is 3.44. The number of methoxy groups -OCH3 is 1. The van der Waals surface area contributed by atoms with Gasteiger partial charge in [-0.2, -0.15) is 0 Å². The highest BCUT2D eigenvalue weighted by Crippen LogP contribution is 2.26. The van der Waals surface area contributed by atoms with E-state index in [1.54, 1.807) is 7.11 Å². The fraction of sp³-hybridized carbons (Fsp3) is 0.474. The van der Waals surface area contributed by atoms with E-state index in [0.717, 1.165) is 42.7 Å². The third-order valence-electron chi connectivity index (χ3n) is 4.34. The lowest BCUT2D eigenvalue weighted by Crippen LogP contribution is -2.35. The molecule has 2 heterocycles. The number of anilines is 2. The van der Waals surface area contributed by atoms with Gasteiger partial charge in [-0.05, 0) is 18.8 Å². The first kappa shape index (κ1) is 16.7. The summed E-state index contributed by atoms with van der Waals surface area (Å²) < 4.78 is 5.12. The first-order valence-electron chi connectivity index (χ1n) is 8.68. The standard InChI is InChI=1S/C19H26N4O/c1-15-7-6-11-23(14-15)18-13-17(20-10-12-24-2)21-19(22-18)16-8-4-3-5-9-16/h3-5,8-9,13,15H,6-7,10-12,14H2,1-2H3,(H,20,21,22). The van der Waals surface area contributed by atoms with Crippen LogP contribution in [0.1, 0.15) is 19.8 Å². The SMILES string of the molecule is COCCNc1cc(N2CCCC(C)C2)nc(-c2ccccc2)n1. The van der Waals surface area contributed by atoms with Gasteiger partial charge in [-0.15, -0.1) is 0 Å². The van der Waals surface area contributed by atoms with E-state index in [2.05, 4.69) is 40.3 Å². The number of benzene rings is 1. The molecule has 0 aliphatic carbocycles. The van der Waals surface area contributed by atoms with Gasteiger partial charge >= 0.3 is 0 Å². The zero-order chi connectivity index (χ0) is 16.8. The van der Waals surface area contributed by atoms with Crippen LogP contribution in [0.2, 0.25) is 0 Å². The quantitative estimate of drug-likeness (QED) is 0.824. The Bertz CT molecular complexity index is 647. The molecule has 0 radical (unpaired) electrons. The smallest absolute Gasteiger partial charge is 0.163 e. The Kier molecular flexibility index (Phi) is 5.64. The van der Waals surface area contributed by atoms with Crippen molar-refractivity contribution >= 4 is 11.6 Å². The normalized spacial score (nSPS) is 17.8. The monoisotopic (exact) mass is 326 g/mol. The van der Waals surface area contributed by atoms with Crippen LogP contribution in [-0.4, -0.2) is 43.3 Å². The molecular weight excluding hydrogens is 300 g/mol. The summed E-state index contributed by atoms with van der Waals surface area (Å²) in [5.74, 6) is 3.34. The number of hydrogen-bond acceptors (Lipinski definition) is 5. The van der Waals surface area contributed by atoms with Crippen LogP contribution in [0.15, 0.2) is 36.4 Å². The van der Waals surface area contributed by atoms with E-state index < -0.39 is 0 Å². The Morgan fingerprint density at radius 1 is 1.25 bits per heavy atom. The van der Waals surface area contributed by atoms with Crippen LogP contribution in [0.25, 0.3) is 11.4 Å². The molecule has 1 aromatic carbocycles. The topological polar surface area (TPSA) is 50.3 Å². The molecule has 24 heavy (non-hydrogen) atoms. The van der Waals surface area contributed by atoms with E-state index in [9.17, 15) is 0 Å². The zero-order valence-electron chi connectivity index (χ0n) is 14.5. The van der Waals surface area contributed by atoms with Crippen LogP contribution >= 0.6 is 0 Å². The third kappa shape index (κ3) is 4.23. The number of hydrogen-bond donors (Lipinski definition) is 1. The molecule has 0 amide bonds. The Morgan fingerprint density at radius 2 is 2.08 bits per heavy atom. The molecule has 1 atom stereocenters. The number of aromatic nitrogens is 2. The third-order valence-corrected chi connectivity index (χ3v) is 4.34. The average molecular weight is 326 g/mol. The summed E-state index contributed by atoms with van der Waals surface area (Å²) >= 11 is 0. The van der Waals surface area contributed by atoms with Crippen LogP contribution in [0.5, 0.6) is 0 Å². The average Bonchev–Trinajstić information content (AvgIpc) is 2.62. The fourth-order valence-electron chi connectivity index (χ4n) is 3.08. The van der Waals surface area contributed by atoms with Crippen molar-refractivity contribution in [3.63, 3.8) is 0 Å². The highest BCUT2D eigenvalue weighted by atomic mass is 16.5.